The van der Waals surface area contributed by atoms with Crippen molar-refractivity contribution in [3.8, 4) is 11.4 Å². The van der Waals surface area contributed by atoms with Crippen molar-refractivity contribution in [2.24, 2.45) is 13.0 Å². The number of amides is 1. The predicted octanol–water partition coefficient (Wildman–Crippen LogP) is 2.46. The third-order valence-electron chi connectivity index (χ3n) is 6.02. The van der Waals surface area contributed by atoms with Crippen LogP contribution in [0.5, 0.6) is 0 Å². The molecule has 0 saturated carbocycles. The number of hydrogen-bond donors (Lipinski definition) is 1. The highest BCUT2D eigenvalue weighted by atomic mass is 16.3. The van der Waals surface area contributed by atoms with Crippen molar-refractivity contribution in [3.63, 3.8) is 0 Å². The van der Waals surface area contributed by atoms with Crippen molar-refractivity contribution in [3.05, 3.63) is 51.9 Å². The summed E-state index contributed by atoms with van der Waals surface area (Å²) < 4.78 is 3.79. The van der Waals surface area contributed by atoms with E-state index in [-0.39, 0.29) is 18.1 Å². The number of likely N-dealkylation sites (tertiary alicyclic amines) is 1. The minimum absolute atomic E-state index is 0.0200. The number of hydrogen-bond acceptors (Lipinski definition) is 4. The van der Waals surface area contributed by atoms with E-state index in [1.807, 2.05) is 42.3 Å². The number of piperidine rings is 1. The van der Waals surface area contributed by atoms with Crippen LogP contribution in [0.2, 0.25) is 0 Å². The van der Waals surface area contributed by atoms with Gasteiger partial charge in [-0.3, -0.25) is 9.59 Å². The maximum atomic E-state index is 12.2. The summed E-state index contributed by atoms with van der Waals surface area (Å²) in [5.41, 5.74) is 4.17. The quantitative estimate of drug-likeness (QED) is 0.719. The molecule has 3 aromatic rings. The summed E-state index contributed by atoms with van der Waals surface area (Å²) in [4.78, 5) is 30.9. The van der Waals surface area contributed by atoms with Crippen LogP contribution in [0, 0.1) is 12.8 Å². The van der Waals surface area contributed by atoms with Gasteiger partial charge in [0.1, 0.15) is 5.82 Å². The number of aryl methyl sites for hydroxylation is 2. The fourth-order valence-corrected chi connectivity index (χ4v) is 4.44. The molecule has 1 aromatic carbocycles. The average molecular weight is 409 g/mol. The zero-order chi connectivity index (χ0) is 21.4. The highest BCUT2D eigenvalue weighted by molar-refractivity contribution is 5.81. The number of aliphatic hydroxyl groups is 1. The molecule has 1 fully saturated rings. The number of aliphatic hydroxyl groups excluding tert-OH is 1. The molecule has 1 saturated heterocycles. The summed E-state index contributed by atoms with van der Waals surface area (Å²) in [6.07, 6.45) is 3.88. The molecule has 1 aliphatic rings. The Hall–Kier alpha value is -2.93. The molecule has 158 valence electrons. The van der Waals surface area contributed by atoms with Crippen LogP contribution in [-0.4, -0.2) is 43.1 Å². The minimum Gasteiger partial charge on any atom is -0.392 e. The molecule has 1 atom stereocenters. The lowest BCUT2D eigenvalue weighted by atomic mass is 9.97. The van der Waals surface area contributed by atoms with E-state index in [2.05, 4.69) is 4.57 Å². The third kappa shape index (κ3) is 3.77. The molecule has 0 spiro atoms. The smallest absolute Gasteiger partial charge is 0.253 e. The maximum absolute atomic E-state index is 12.2. The van der Waals surface area contributed by atoms with E-state index in [0.29, 0.717) is 11.5 Å². The second-order valence-corrected chi connectivity index (χ2v) is 8.33. The SMILES string of the molecule is CC(=O)N1CCC[C@H](Cn2c(-c3cc(C)c(=O)n(C)c3)nc3cc(CO)ccc32)C1. The van der Waals surface area contributed by atoms with Crippen molar-refractivity contribution in [2.45, 2.75) is 39.8 Å². The molecular weight excluding hydrogens is 380 g/mol. The molecule has 1 amide bonds. The Morgan fingerprint density at radius 2 is 2.10 bits per heavy atom. The number of pyridine rings is 1. The second kappa shape index (κ2) is 8.07. The predicted molar refractivity (Wildman–Crippen MR) is 116 cm³/mol. The van der Waals surface area contributed by atoms with Crippen molar-refractivity contribution >= 4 is 16.9 Å². The first-order valence-corrected chi connectivity index (χ1v) is 10.4. The Labute approximate surface area is 175 Å². The van der Waals surface area contributed by atoms with E-state index < -0.39 is 0 Å². The summed E-state index contributed by atoms with van der Waals surface area (Å²) in [6, 6.07) is 7.71. The number of aromatic nitrogens is 3. The van der Waals surface area contributed by atoms with Crippen LogP contribution in [0.25, 0.3) is 22.4 Å². The van der Waals surface area contributed by atoms with Gasteiger partial charge in [-0.2, -0.15) is 0 Å². The largest absolute Gasteiger partial charge is 0.392 e. The summed E-state index contributed by atoms with van der Waals surface area (Å²) >= 11 is 0. The van der Waals surface area contributed by atoms with Crippen LogP contribution in [0.3, 0.4) is 0 Å². The number of nitrogens with zero attached hydrogens (tertiary/aromatic N) is 4. The molecule has 2 aromatic heterocycles. The maximum Gasteiger partial charge on any atom is 0.253 e. The first-order valence-electron chi connectivity index (χ1n) is 10.4. The lowest BCUT2D eigenvalue weighted by Crippen LogP contribution is -2.39. The van der Waals surface area contributed by atoms with Gasteiger partial charge >= 0.3 is 0 Å². The molecule has 0 aliphatic carbocycles. The van der Waals surface area contributed by atoms with Crippen molar-refractivity contribution in [2.75, 3.05) is 13.1 Å². The summed E-state index contributed by atoms with van der Waals surface area (Å²) in [5.74, 6) is 1.26. The number of benzene rings is 1. The molecule has 1 N–H and O–H groups in total. The van der Waals surface area contributed by atoms with E-state index >= 15 is 0 Å². The van der Waals surface area contributed by atoms with E-state index in [4.69, 9.17) is 4.98 Å². The Kier molecular flexibility index (Phi) is 5.47. The Balaban J connectivity index is 1.81. The number of carbonyl (C=O) groups is 1. The van der Waals surface area contributed by atoms with Crippen LogP contribution < -0.4 is 5.56 Å². The van der Waals surface area contributed by atoms with Gasteiger partial charge in [-0.15, -0.1) is 0 Å². The van der Waals surface area contributed by atoms with Gasteiger partial charge in [0.25, 0.3) is 5.56 Å². The molecule has 1 aliphatic heterocycles. The van der Waals surface area contributed by atoms with Gasteiger partial charge in [0.15, 0.2) is 0 Å². The second-order valence-electron chi connectivity index (χ2n) is 8.33. The summed E-state index contributed by atoms with van der Waals surface area (Å²) in [6.45, 7) is 5.72. The summed E-state index contributed by atoms with van der Waals surface area (Å²) in [5, 5.41) is 9.53. The van der Waals surface area contributed by atoms with E-state index in [1.165, 1.54) is 0 Å². The zero-order valence-electron chi connectivity index (χ0n) is 17.8. The van der Waals surface area contributed by atoms with Crippen molar-refractivity contribution in [1.29, 1.82) is 0 Å². The minimum atomic E-state index is -0.0344. The molecule has 4 rings (SSSR count). The third-order valence-corrected chi connectivity index (χ3v) is 6.02. The van der Waals surface area contributed by atoms with Crippen molar-refractivity contribution < 1.29 is 9.90 Å². The standard InChI is InChI=1S/C23H28N4O3/c1-15-9-19(13-25(3)23(15)30)22-24-20-10-17(14-28)6-7-21(20)27(22)12-18-5-4-8-26(11-18)16(2)29/h6-7,9-10,13,18,28H,4-5,8,11-12,14H2,1-3H3/t18-/m0/s1. The Morgan fingerprint density at radius 1 is 1.30 bits per heavy atom. The Bertz CT molecular complexity index is 1130. The van der Waals surface area contributed by atoms with Crippen LogP contribution in [0.4, 0.5) is 0 Å². The lowest BCUT2D eigenvalue weighted by molar-refractivity contribution is -0.130. The molecule has 0 unspecified atom stereocenters. The normalized spacial score (nSPS) is 16.9. The van der Waals surface area contributed by atoms with Gasteiger partial charge in [-0.1, -0.05) is 6.07 Å². The highest BCUT2D eigenvalue weighted by Gasteiger charge is 2.24. The molecule has 7 nitrogen and oxygen atoms in total. The van der Waals surface area contributed by atoms with Gasteiger partial charge in [0.2, 0.25) is 5.91 Å². The van der Waals surface area contributed by atoms with Gasteiger partial charge in [0.05, 0.1) is 17.6 Å². The number of rotatable bonds is 4. The monoisotopic (exact) mass is 408 g/mol. The molecule has 7 heteroatoms. The zero-order valence-corrected chi connectivity index (χ0v) is 17.8. The fraction of sp³-hybridized carbons (Fsp3) is 0.435. The van der Waals surface area contributed by atoms with Crippen LogP contribution in [0.1, 0.15) is 30.9 Å². The number of fused-ring (bicyclic) bond motifs is 1. The van der Waals surface area contributed by atoms with Crippen LogP contribution >= 0.6 is 0 Å². The first kappa shape index (κ1) is 20.3. The van der Waals surface area contributed by atoms with Gasteiger partial charge in [-0.05, 0) is 49.4 Å². The summed E-state index contributed by atoms with van der Waals surface area (Å²) in [7, 11) is 1.75. The number of carbonyl (C=O) groups excluding carboxylic acids is 1. The topological polar surface area (TPSA) is 80.4 Å². The fourth-order valence-electron chi connectivity index (χ4n) is 4.44. The highest BCUT2D eigenvalue weighted by Crippen LogP contribution is 2.29. The van der Waals surface area contributed by atoms with Crippen molar-refractivity contribution in [1.82, 2.24) is 19.0 Å². The average Bonchev–Trinajstić information content (AvgIpc) is 3.09. The molecule has 0 bridgehead atoms. The molecule has 0 radical (unpaired) electrons. The Morgan fingerprint density at radius 3 is 2.80 bits per heavy atom. The van der Waals surface area contributed by atoms with Gasteiger partial charge < -0.3 is 19.1 Å². The first-order chi connectivity index (χ1) is 14.4. The molecule has 30 heavy (non-hydrogen) atoms. The molecular formula is C23H28N4O3. The van der Waals surface area contributed by atoms with E-state index in [0.717, 1.165) is 60.5 Å². The number of imidazole rings is 1. The lowest BCUT2D eigenvalue weighted by Gasteiger charge is -2.32. The van der Waals surface area contributed by atoms with Gasteiger partial charge in [0, 0.05) is 50.9 Å². The van der Waals surface area contributed by atoms with Crippen LogP contribution in [-0.2, 0) is 25.0 Å². The van der Waals surface area contributed by atoms with E-state index in [9.17, 15) is 14.7 Å². The molecule has 3 heterocycles. The van der Waals surface area contributed by atoms with Gasteiger partial charge in [-0.25, -0.2) is 4.98 Å². The van der Waals surface area contributed by atoms with E-state index in [1.54, 1.807) is 18.5 Å². The van der Waals surface area contributed by atoms with Crippen LogP contribution in [0.15, 0.2) is 35.3 Å².